The van der Waals surface area contributed by atoms with Gasteiger partial charge in [0.1, 0.15) is 17.6 Å². The molecule has 0 spiro atoms. The Bertz CT molecular complexity index is 816. The van der Waals surface area contributed by atoms with Crippen LogP contribution >= 0.6 is 0 Å². The van der Waals surface area contributed by atoms with Crippen LogP contribution < -0.4 is 0 Å². The third kappa shape index (κ3) is 2.79. The van der Waals surface area contributed by atoms with Crippen LogP contribution in [0.3, 0.4) is 0 Å². The molecular formula is C17H24N6O2. The van der Waals surface area contributed by atoms with E-state index < -0.39 is 5.60 Å². The number of hydrogen-bond donors (Lipinski definition) is 0. The smallest absolute Gasteiger partial charge is 0.410 e. The number of carbonyl (C=O) groups excluding carboxylic acids is 1. The van der Waals surface area contributed by atoms with Gasteiger partial charge in [-0.2, -0.15) is 5.10 Å². The average molecular weight is 344 g/mol. The van der Waals surface area contributed by atoms with Gasteiger partial charge in [-0.3, -0.25) is 4.68 Å². The first kappa shape index (κ1) is 16.1. The Kier molecular flexibility index (Phi) is 3.59. The molecule has 2 aromatic heterocycles. The Balaban J connectivity index is 1.72. The van der Waals surface area contributed by atoms with E-state index in [9.17, 15) is 4.79 Å². The monoisotopic (exact) mass is 344 g/mol. The van der Waals surface area contributed by atoms with Crippen molar-refractivity contribution in [3.05, 3.63) is 17.6 Å². The van der Waals surface area contributed by atoms with Crippen LogP contribution in [0.1, 0.15) is 45.4 Å². The zero-order valence-corrected chi connectivity index (χ0v) is 15.2. The number of fused-ring (bicyclic) bond motifs is 5. The number of hydrogen-bond acceptors (Lipinski definition) is 5. The summed E-state index contributed by atoms with van der Waals surface area (Å²) in [5.41, 5.74) is 2.61. The van der Waals surface area contributed by atoms with Gasteiger partial charge in [-0.05, 0) is 34.1 Å². The van der Waals surface area contributed by atoms with E-state index in [1.54, 1.807) is 11.2 Å². The first-order valence-corrected chi connectivity index (χ1v) is 8.80. The fourth-order valence-electron chi connectivity index (χ4n) is 3.56. The summed E-state index contributed by atoms with van der Waals surface area (Å²) < 4.78 is 9.69. The highest BCUT2D eigenvalue weighted by Gasteiger charge is 2.35. The van der Waals surface area contributed by atoms with Crippen LogP contribution in [-0.4, -0.2) is 47.2 Å². The standard InChI is InChI=1S/C17H24N6O2/c1-11-8-13-12(9-22(11)16(24)25-17(2,3)4)14-15-19-18-10-21(15)6-5-7-23(14)20-13/h10-11H,5-9H2,1-4H3/t11-/m0/s1. The molecule has 4 rings (SSSR count). The molecule has 0 N–H and O–H groups in total. The second-order valence-electron chi connectivity index (χ2n) is 7.86. The number of nitrogens with zero attached hydrogens (tertiary/aromatic N) is 6. The Labute approximate surface area is 146 Å². The van der Waals surface area contributed by atoms with Gasteiger partial charge in [0.2, 0.25) is 0 Å². The molecule has 8 heteroatoms. The first-order chi connectivity index (χ1) is 11.8. The first-order valence-electron chi connectivity index (χ1n) is 8.80. The molecule has 25 heavy (non-hydrogen) atoms. The topological polar surface area (TPSA) is 78.1 Å². The van der Waals surface area contributed by atoms with E-state index in [1.807, 2.05) is 32.4 Å². The van der Waals surface area contributed by atoms with E-state index in [4.69, 9.17) is 9.84 Å². The Morgan fingerprint density at radius 3 is 2.88 bits per heavy atom. The van der Waals surface area contributed by atoms with Crippen molar-refractivity contribution in [2.45, 2.75) is 71.8 Å². The minimum Gasteiger partial charge on any atom is -0.444 e. The average Bonchev–Trinajstić information content (AvgIpc) is 3.04. The fourth-order valence-corrected chi connectivity index (χ4v) is 3.56. The number of carbonyl (C=O) groups is 1. The Morgan fingerprint density at radius 1 is 1.32 bits per heavy atom. The lowest BCUT2D eigenvalue weighted by atomic mass is 10.00. The second kappa shape index (κ2) is 5.57. The van der Waals surface area contributed by atoms with Crippen LogP contribution in [0, 0.1) is 0 Å². The maximum absolute atomic E-state index is 12.6. The summed E-state index contributed by atoms with van der Waals surface area (Å²) in [5, 5.41) is 13.2. The van der Waals surface area contributed by atoms with E-state index in [-0.39, 0.29) is 12.1 Å². The van der Waals surface area contributed by atoms with Gasteiger partial charge < -0.3 is 14.2 Å². The minimum atomic E-state index is -0.507. The van der Waals surface area contributed by atoms with Crippen LogP contribution in [0.2, 0.25) is 0 Å². The summed E-state index contributed by atoms with van der Waals surface area (Å²) in [7, 11) is 0. The van der Waals surface area contributed by atoms with Gasteiger partial charge in [0.15, 0.2) is 5.82 Å². The van der Waals surface area contributed by atoms with Crippen LogP contribution in [0.15, 0.2) is 6.33 Å². The van der Waals surface area contributed by atoms with E-state index in [2.05, 4.69) is 14.8 Å². The van der Waals surface area contributed by atoms with Gasteiger partial charge in [0.25, 0.3) is 0 Å². The van der Waals surface area contributed by atoms with Crippen LogP contribution in [0.4, 0.5) is 4.79 Å². The second-order valence-corrected chi connectivity index (χ2v) is 7.86. The van der Waals surface area contributed by atoms with Gasteiger partial charge in [-0.1, -0.05) is 0 Å². The molecule has 0 saturated carbocycles. The Morgan fingerprint density at radius 2 is 2.12 bits per heavy atom. The largest absolute Gasteiger partial charge is 0.444 e. The number of aromatic nitrogens is 5. The molecule has 4 heterocycles. The summed E-state index contributed by atoms with van der Waals surface area (Å²) in [6, 6.07) is 0.0550. The quantitative estimate of drug-likeness (QED) is 0.732. The van der Waals surface area contributed by atoms with Crippen LogP contribution in [-0.2, 0) is 30.8 Å². The SMILES string of the molecule is C[C@H]1Cc2nn3c(c2CN1C(=O)OC(C)(C)C)-c1nncn1CCC3. The van der Waals surface area contributed by atoms with Gasteiger partial charge in [0.05, 0.1) is 12.2 Å². The third-order valence-corrected chi connectivity index (χ3v) is 4.71. The highest BCUT2D eigenvalue weighted by Crippen LogP contribution is 2.33. The van der Waals surface area contributed by atoms with E-state index >= 15 is 0 Å². The number of aryl methyl sites for hydroxylation is 2. The van der Waals surface area contributed by atoms with Crippen molar-refractivity contribution in [1.29, 1.82) is 0 Å². The summed E-state index contributed by atoms with van der Waals surface area (Å²) in [6.45, 7) is 9.94. The molecule has 134 valence electrons. The molecule has 0 unspecified atom stereocenters. The molecule has 0 bridgehead atoms. The Hall–Kier alpha value is -2.38. The molecule has 2 aliphatic heterocycles. The third-order valence-electron chi connectivity index (χ3n) is 4.71. The van der Waals surface area contributed by atoms with Crippen LogP contribution in [0.5, 0.6) is 0 Å². The zero-order valence-electron chi connectivity index (χ0n) is 15.2. The molecule has 2 aliphatic rings. The molecule has 0 aromatic carbocycles. The van der Waals surface area contributed by atoms with Crippen molar-refractivity contribution < 1.29 is 9.53 Å². The zero-order chi connectivity index (χ0) is 17.8. The van der Waals surface area contributed by atoms with Crippen molar-refractivity contribution in [2.24, 2.45) is 0 Å². The van der Waals surface area contributed by atoms with E-state index in [1.165, 1.54) is 0 Å². The molecule has 0 radical (unpaired) electrons. The summed E-state index contributed by atoms with van der Waals surface area (Å²) >= 11 is 0. The number of amides is 1. The van der Waals surface area contributed by atoms with Crippen molar-refractivity contribution in [1.82, 2.24) is 29.4 Å². The van der Waals surface area contributed by atoms with Crippen molar-refractivity contribution in [2.75, 3.05) is 0 Å². The van der Waals surface area contributed by atoms with E-state index in [0.29, 0.717) is 6.54 Å². The van der Waals surface area contributed by atoms with Gasteiger partial charge in [0, 0.05) is 31.1 Å². The molecular weight excluding hydrogens is 320 g/mol. The fraction of sp³-hybridized carbons (Fsp3) is 0.647. The predicted molar refractivity (Wildman–Crippen MR) is 90.8 cm³/mol. The normalized spacial score (nSPS) is 19.7. The lowest BCUT2D eigenvalue weighted by molar-refractivity contribution is 0.0138. The molecule has 1 amide bonds. The molecule has 0 saturated heterocycles. The van der Waals surface area contributed by atoms with Gasteiger partial charge >= 0.3 is 6.09 Å². The van der Waals surface area contributed by atoms with Crippen LogP contribution in [0.25, 0.3) is 11.5 Å². The number of rotatable bonds is 0. The highest BCUT2D eigenvalue weighted by atomic mass is 16.6. The molecule has 2 aromatic rings. The molecule has 0 fully saturated rings. The number of ether oxygens (including phenoxy) is 1. The van der Waals surface area contributed by atoms with Crippen molar-refractivity contribution in [3.8, 4) is 11.5 Å². The summed E-state index contributed by atoms with van der Waals surface area (Å²) in [6.07, 6.45) is 3.20. The lowest BCUT2D eigenvalue weighted by Gasteiger charge is -2.34. The maximum Gasteiger partial charge on any atom is 0.410 e. The highest BCUT2D eigenvalue weighted by molar-refractivity contribution is 5.70. The summed E-state index contributed by atoms with van der Waals surface area (Å²) in [5.74, 6) is 0.838. The summed E-state index contributed by atoms with van der Waals surface area (Å²) in [4.78, 5) is 14.4. The van der Waals surface area contributed by atoms with E-state index in [0.717, 1.165) is 48.7 Å². The maximum atomic E-state index is 12.6. The lowest BCUT2D eigenvalue weighted by Crippen LogP contribution is -2.45. The van der Waals surface area contributed by atoms with Gasteiger partial charge in [-0.25, -0.2) is 4.79 Å². The van der Waals surface area contributed by atoms with Gasteiger partial charge in [-0.15, -0.1) is 10.2 Å². The van der Waals surface area contributed by atoms with Crippen molar-refractivity contribution >= 4 is 6.09 Å². The van der Waals surface area contributed by atoms with Crippen molar-refractivity contribution in [3.63, 3.8) is 0 Å². The minimum absolute atomic E-state index is 0.0550. The molecule has 1 atom stereocenters. The predicted octanol–water partition coefficient (Wildman–Crippen LogP) is 2.23. The molecule has 8 nitrogen and oxygen atoms in total. The molecule has 0 aliphatic carbocycles.